The minimum absolute atomic E-state index is 0.0231. The van der Waals surface area contributed by atoms with Crippen molar-refractivity contribution in [2.24, 2.45) is 0 Å². The minimum Gasteiger partial charge on any atom is -0.355 e. The summed E-state index contributed by atoms with van der Waals surface area (Å²) in [4.78, 5) is 15.4. The molecule has 1 aromatic rings. The van der Waals surface area contributed by atoms with Crippen LogP contribution in [-0.4, -0.2) is 35.2 Å². The molecule has 0 aliphatic heterocycles. The highest BCUT2D eigenvalue weighted by molar-refractivity contribution is 5.81. The molecule has 1 aromatic heterocycles. The first-order chi connectivity index (χ1) is 7.74. The van der Waals surface area contributed by atoms with E-state index in [1.165, 1.54) is 6.39 Å². The second-order valence-corrected chi connectivity index (χ2v) is 3.56. The summed E-state index contributed by atoms with van der Waals surface area (Å²) >= 11 is 0. The summed E-state index contributed by atoms with van der Waals surface area (Å²) in [6.07, 6.45) is 2.90. The van der Waals surface area contributed by atoms with Crippen LogP contribution >= 0.6 is 0 Å². The number of aromatic nitrogens is 2. The molecule has 0 saturated carbocycles. The van der Waals surface area contributed by atoms with Gasteiger partial charge in [0.25, 0.3) is 0 Å². The number of nitrogens with one attached hydrogen (secondary N) is 2. The molecule has 6 nitrogen and oxygen atoms in total. The Hall–Kier alpha value is -1.43. The summed E-state index contributed by atoms with van der Waals surface area (Å²) < 4.78 is 4.60. The molecule has 1 unspecified atom stereocenters. The number of hydrogen-bond donors (Lipinski definition) is 2. The van der Waals surface area contributed by atoms with Gasteiger partial charge in [-0.2, -0.15) is 4.98 Å². The number of carbonyl (C=O) groups is 1. The second-order valence-electron chi connectivity index (χ2n) is 3.56. The molecule has 0 aliphatic rings. The van der Waals surface area contributed by atoms with Crippen molar-refractivity contribution in [2.75, 3.05) is 13.1 Å². The minimum atomic E-state index is -0.196. The van der Waals surface area contributed by atoms with Crippen LogP contribution in [0.25, 0.3) is 0 Å². The van der Waals surface area contributed by atoms with Gasteiger partial charge in [0.1, 0.15) is 0 Å². The zero-order valence-corrected chi connectivity index (χ0v) is 9.69. The van der Waals surface area contributed by atoms with E-state index in [9.17, 15) is 4.79 Å². The predicted octanol–water partition coefficient (Wildman–Crippen LogP) is 0.116. The van der Waals surface area contributed by atoms with Crippen LogP contribution in [-0.2, 0) is 11.2 Å². The Balaban J connectivity index is 2.14. The summed E-state index contributed by atoms with van der Waals surface area (Å²) in [5.41, 5.74) is 0. The lowest BCUT2D eigenvalue weighted by Crippen LogP contribution is -2.43. The third-order valence-electron chi connectivity index (χ3n) is 2.15. The maximum atomic E-state index is 11.5. The molecule has 0 aromatic carbocycles. The average Bonchev–Trinajstić information content (AvgIpc) is 2.78. The molecule has 0 saturated heterocycles. The van der Waals surface area contributed by atoms with E-state index in [0.29, 0.717) is 18.8 Å². The van der Waals surface area contributed by atoms with Crippen molar-refractivity contribution in [3.8, 4) is 0 Å². The highest BCUT2D eigenvalue weighted by Crippen LogP contribution is 1.89. The van der Waals surface area contributed by atoms with E-state index < -0.39 is 0 Å². The zero-order valence-electron chi connectivity index (χ0n) is 9.69. The molecule has 0 spiro atoms. The SMILES string of the molecule is CCCNC(=O)C(C)NCCc1ncon1. The fourth-order valence-electron chi connectivity index (χ4n) is 1.20. The second kappa shape index (κ2) is 6.95. The van der Waals surface area contributed by atoms with Crippen molar-refractivity contribution < 1.29 is 9.32 Å². The van der Waals surface area contributed by atoms with Gasteiger partial charge in [0.05, 0.1) is 6.04 Å². The molecule has 0 fully saturated rings. The van der Waals surface area contributed by atoms with Gasteiger partial charge in [0, 0.05) is 19.5 Å². The van der Waals surface area contributed by atoms with Crippen LogP contribution in [0, 0.1) is 0 Å². The molecule has 1 rings (SSSR count). The number of carbonyl (C=O) groups excluding carboxylic acids is 1. The Kier molecular flexibility index (Phi) is 5.49. The molecule has 1 amide bonds. The number of rotatable bonds is 7. The molecule has 1 atom stereocenters. The summed E-state index contributed by atoms with van der Waals surface area (Å²) in [5.74, 6) is 0.670. The van der Waals surface area contributed by atoms with Crippen LogP contribution in [0.4, 0.5) is 0 Å². The van der Waals surface area contributed by atoms with Gasteiger partial charge in [-0.25, -0.2) is 0 Å². The van der Waals surface area contributed by atoms with Crippen molar-refractivity contribution in [1.29, 1.82) is 0 Å². The molecular weight excluding hydrogens is 208 g/mol. The normalized spacial score (nSPS) is 12.4. The number of hydrogen-bond acceptors (Lipinski definition) is 5. The molecule has 0 bridgehead atoms. The van der Waals surface area contributed by atoms with Gasteiger partial charge in [0.15, 0.2) is 5.82 Å². The van der Waals surface area contributed by atoms with Gasteiger partial charge in [0.2, 0.25) is 12.3 Å². The predicted molar refractivity (Wildman–Crippen MR) is 58.8 cm³/mol. The quantitative estimate of drug-likeness (QED) is 0.690. The topological polar surface area (TPSA) is 80.0 Å². The molecule has 0 aliphatic carbocycles. The number of nitrogens with zero attached hydrogens (tertiary/aromatic N) is 2. The van der Waals surface area contributed by atoms with Gasteiger partial charge >= 0.3 is 0 Å². The lowest BCUT2D eigenvalue weighted by atomic mass is 10.3. The first-order valence-corrected chi connectivity index (χ1v) is 5.50. The van der Waals surface area contributed by atoms with Crippen LogP contribution in [0.1, 0.15) is 26.1 Å². The fraction of sp³-hybridized carbons (Fsp3) is 0.700. The standard InChI is InChI=1S/C10H18N4O2/c1-3-5-12-10(15)8(2)11-6-4-9-13-7-16-14-9/h7-8,11H,3-6H2,1-2H3,(H,12,15). The Morgan fingerprint density at radius 2 is 2.38 bits per heavy atom. The summed E-state index contributed by atoms with van der Waals surface area (Å²) in [6, 6.07) is -0.196. The smallest absolute Gasteiger partial charge is 0.236 e. The largest absolute Gasteiger partial charge is 0.355 e. The van der Waals surface area contributed by atoms with Gasteiger partial charge in [-0.3, -0.25) is 4.79 Å². The summed E-state index contributed by atoms with van der Waals surface area (Å²) in [5, 5.41) is 9.60. The lowest BCUT2D eigenvalue weighted by Gasteiger charge is -2.12. The maximum Gasteiger partial charge on any atom is 0.236 e. The fourth-order valence-corrected chi connectivity index (χ4v) is 1.20. The van der Waals surface area contributed by atoms with Crippen molar-refractivity contribution in [2.45, 2.75) is 32.7 Å². The first-order valence-electron chi connectivity index (χ1n) is 5.50. The van der Waals surface area contributed by atoms with E-state index in [0.717, 1.165) is 13.0 Å². The van der Waals surface area contributed by atoms with Crippen LogP contribution in [0.2, 0.25) is 0 Å². The third-order valence-corrected chi connectivity index (χ3v) is 2.15. The van der Waals surface area contributed by atoms with Gasteiger partial charge < -0.3 is 15.2 Å². The monoisotopic (exact) mass is 226 g/mol. The molecule has 90 valence electrons. The Morgan fingerprint density at radius 1 is 1.56 bits per heavy atom. The molecule has 1 heterocycles. The van der Waals surface area contributed by atoms with Crippen LogP contribution in [0.15, 0.2) is 10.9 Å². The molecule has 0 radical (unpaired) electrons. The maximum absolute atomic E-state index is 11.5. The van der Waals surface area contributed by atoms with Gasteiger partial charge in [-0.15, -0.1) is 0 Å². The molecule has 2 N–H and O–H groups in total. The van der Waals surface area contributed by atoms with E-state index in [2.05, 4.69) is 25.3 Å². The van der Waals surface area contributed by atoms with Crippen molar-refractivity contribution in [3.05, 3.63) is 12.2 Å². The van der Waals surface area contributed by atoms with Crippen molar-refractivity contribution in [1.82, 2.24) is 20.8 Å². The summed E-state index contributed by atoms with van der Waals surface area (Å²) in [7, 11) is 0. The Bertz CT molecular complexity index is 300. The highest BCUT2D eigenvalue weighted by Gasteiger charge is 2.10. The zero-order chi connectivity index (χ0) is 11.8. The van der Waals surface area contributed by atoms with E-state index >= 15 is 0 Å². The van der Waals surface area contributed by atoms with Crippen LogP contribution in [0.5, 0.6) is 0 Å². The van der Waals surface area contributed by atoms with Gasteiger partial charge in [-0.05, 0) is 13.3 Å². The van der Waals surface area contributed by atoms with E-state index in [-0.39, 0.29) is 11.9 Å². The van der Waals surface area contributed by atoms with E-state index in [4.69, 9.17) is 0 Å². The van der Waals surface area contributed by atoms with Crippen LogP contribution < -0.4 is 10.6 Å². The molecular formula is C10H18N4O2. The first kappa shape index (κ1) is 12.6. The van der Waals surface area contributed by atoms with Gasteiger partial charge in [-0.1, -0.05) is 12.1 Å². The molecule has 6 heteroatoms. The van der Waals surface area contributed by atoms with E-state index in [1.807, 2.05) is 13.8 Å². The Morgan fingerprint density at radius 3 is 3.00 bits per heavy atom. The average molecular weight is 226 g/mol. The Labute approximate surface area is 94.8 Å². The highest BCUT2D eigenvalue weighted by atomic mass is 16.5. The lowest BCUT2D eigenvalue weighted by molar-refractivity contribution is -0.122. The third kappa shape index (κ3) is 4.39. The van der Waals surface area contributed by atoms with Crippen molar-refractivity contribution >= 4 is 5.91 Å². The van der Waals surface area contributed by atoms with Crippen LogP contribution in [0.3, 0.4) is 0 Å². The number of amides is 1. The van der Waals surface area contributed by atoms with Crippen molar-refractivity contribution in [3.63, 3.8) is 0 Å². The van der Waals surface area contributed by atoms with E-state index in [1.54, 1.807) is 0 Å². The molecule has 16 heavy (non-hydrogen) atoms. The summed E-state index contributed by atoms with van der Waals surface area (Å²) in [6.45, 7) is 5.23.